The van der Waals surface area contributed by atoms with Gasteiger partial charge in [0.1, 0.15) is 5.69 Å². The number of hydrogen-bond donors (Lipinski definition) is 3. The average Bonchev–Trinajstić information content (AvgIpc) is 3.15. The second-order valence-electron chi connectivity index (χ2n) is 7.50. The summed E-state index contributed by atoms with van der Waals surface area (Å²) in [5.41, 5.74) is 2.23. The first kappa shape index (κ1) is 23.3. The van der Waals surface area contributed by atoms with E-state index in [-0.39, 0.29) is 17.8 Å². The van der Waals surface area contributed by atoms with Gasteiger partial charge < -0.3 is 14.6 Å². The van der Waals surface area contributed by atoms with E-state index in [0.29, 0.717) is 12.0 Å². The predicted molar refractivity (Wildman–Crippen MR) is 111 cm³/mol. The molecule has 4 atom stereocenters. The summed E-state index contributed by atoms with van der Waals surface area (Å²) in [7, 11) is 0. The highest BCUT2D eigenvalue weighted by Crippen LogP contribution is 2.30. The molecule has 1 aliphatic rings. The molecule has 0 aromatic carbocycles. The molecule has 0 aliphatic carbocycles. The van der Waals surface area contributed by atoms with Crippen LogP contribution in [0.2, 0.25) is 0 Å². The van der Waals surface area contributed by atoms with E-state index in [2.05, 4.69) is 20.6 Å². The van der Waals surface area contributed by atoms with Crippen LogP contribution in [0.15, 0.2) is 22.2 Å². The molecule has 1 saturated heterocycles. The number of carboxylic acids is 1. The summed E-state index contributed by atoms with van der Waals surface area (Å²) in [6.45, 7) is 4.52. The van der Waals surface area contributed by atoms with Crippen LogP contribution >= 0.6 is 0 Å². The third-order valence-corrected chi connectivity index (χ3v) is 6.37. The number of carbonyl (C=O) groups excluding carboxylic acids is 2. The summed E-state index contributed by atoms with van der Waals surface area (Å²) in [6, 6.07) is -1.24. The second-order valence-corrected chi connectivity index (χ2v) is 8.85. The van der Waals surface area contributed by atoms with Crippen LogP contribution < -0.4 is 11.0 Å². The van der Waals surface area contributed by atoms with E-state index in [1.807, 2.05) is 6.92 Å². The molecule has 1 unspecified atom stereocenters. The van der Waals surface area contributed by atoms with Crippen molar-refractivity contribution in [1.29, 1.82) is 0 Å². The Kier molecular flexibility index (Phi) is 6.27. The second kappa shape index (κ2) is 8.63. The Balaban J connectivity index is 1.87. The Bertz CT molecular complexity index is 1200. The number of aromatic amines is 1. The van der Waals surface area contributed by atoms with Gasteiger partial charge in [0.25, 0.3) is 11.5 Å². The van der Waals surface area contributed by atoms with Gasteiger partial charge in [-0.1, -0.05) is 6.92 Å². The van der Waals surface area contributed by atoms with Crippen LogP contribution in [-0.4, -0.2) is 74.2 Å². The molecule has 3 heterocycles. The molecule has 1 fully saturated rings. The van der Waals surface area contributed by atoms with Crippen LogP contribution in [-0.2, 0) is 27.1 Å². The number of H-pyrrole nitrogens is 1. The molecule has 32 heavy (non-hydrogen) atoms. The molecule has 0 saturated carbocycles. The molecule has 0 spiro atoms. The number of aliphatic carboxylic acids is 1. The number of amides is 2. The standard InChI is InChI=1S/C18H22N6O7S/c1-4-10-7-20-24-13(26)6-11(21-15(10)24)16(27)22-19-8-18(3,32(30)31)14(17(28)29)23-9(2)5-12(23)25/h6-9,14,20H,4-5H2,1-3H3,(H,22,27)(H,28,29)(H,30,31)/p-1/b19-8+/t9-,14+,18+/m1/s1. The largest absolute Gasteiger partial charge is 0.772 e. The van der Waals surface area contributed by atoms with E-state index in [1.165, 1.54) is 4.52 Å². The molecule has 2 aromatic rings. The van der Waals surface area contributed by atoms with Crippen LogP contribution in [0, 0.1) is 0 Å². The number of β-lactam (4-membered cyclic amide) rings is 1. The lowest BCUT2D eigenvalue weighted by atomic mass is 9.92. The van der Waals surface area contributed by atoms with Gasteiger partial charge in [0.2, 0.25) is 5.91 Å². The predicted octanol–water partition coefficient (Wildman–Crippen LogP) is -0.988. The van der Waals surface area contributed by atoms with Gasteiger partial charge in [0, 0.05) is 36.5 Å². The number of hydrogen-bond acceptors (Lipinski definition) is 8. The maximum absolute atomic E-state index is 12.4. The van der Waals surface area contributed by atoms with Crippen LogP contribution in [0.1, 0.15) is 43.2 Å². The number of rotatable bonds is 8. The molecule has 0 radical (unpaired) electrons. The minimum absolute atomic E-state index is 0.0990. The monoisotopic (exact) mass is 465 g/mol. The number of nitrogens with zero attached hydrogens (tertiary/aromatic N) is 4. The summed E-state index contributed by atoms with van der Waals surface area (Å²) < 4.78 is 22.9. The summed E-state index contributed by atoms with van der Waals surface area (Å²) >= 11 is -3.02. The quantitative estimate of drug-likeness (QED) is 0.192. The van der Waals surface area contributed by atoms with Gasteiger partial charge in [-0.3, -0.25) is 23.7 Å². The van der Waals surface area contributed by atoms with Crippen molar-refractivity contribution in [2.45, 2.75) is 50.4 Å². The summed E-state index contributed by atoms with van der Waals surface area (Å²) in [5, 5.41) is 15.9. The molecule has 1 aliphatic heterocycles. The van der Waals surface area contributed by atoms with Gasteiger partial charge >= 0.3 is 5.97 Å². The van der Waals surface area contributed by atoms with E-state index in [4.69, 9.17) is 0 Å². The van der Waals surface area contributed by atoms with Gasteiger partial charge in [-0.05, 0) is 31.3 Å². The fourth-order valence-electron chi connectivity index (χ4n) is 3.52. The van der Waals surface area contributed by atoms with Crippen molar-refractivity contribution in [3.05, 3.63) is 33.9 Å². The first-order valence-electron chi connectivity index (χ1n) is 9.59. The topological polar surface area (TPSA) is 189 Å². The highest BCUT2D eigenvalue weighted by Gasteiger charge is 2.51. The third-order valence-electron chi connectivity index (χ3n) is 5.32. The number of aromatic nitrogens is 3. The molecule has 0 bridgehead atoms. The minimum Gasteiger partial charge on any atom is -0.772 e. The van der Waals surface area contributed by atoms with Crippen molar-refractivity contribution in [1.82, 2.24) is 24.9 Å². The maximum atomic E-state index is 12.4. The van der Waals surface area contributed by atoms with E-state index in [9.17, 15) is 33.0 Å². The number of carbonyl (C=O) groups is 3. The molecule has 3 rings (SSSR count). The van der Waals surface area contributed by atoms with Crippen molar-refractivity contribution in [2.75, 3.05) is 0 Å². The first-order valence-corrected chi connectivity index (χ1v) is 10.7. The van der Waals surface area contributed by atoms with Gasteiger partial charge in [-0.25, -0.2) is 19.7 Å². The Morgan fingerprint density at radius 2 is 2.22 bits per heavy atom. The Hall–Kier alpha value is -3.39. The third kappa shape index (κ3) is 3.93. The van der Waals surface area contributed by atoms with E-state index in [0.717, 1.165) is 24.1 Å². The lowest BCUT2D eigenvalue weighted by molar-refractivity contribution is -0.161. The fraction of sp³-hybridized carbons (Fsp3) is 0.444. The van der Waals surface area contributed by atoms with Gasteiger partial charge in [-0.2, -0.15) is 5.10 Å². The number of hydrazone groups is 1. The fourth-order valence-corrected chi connectivity index (χ4v) is 4.05. The summed E-state index contributed by atoms with van der Waals surface area (Å²) in [6.07, 6.45) is 2.98. The molecule has 14 heteroatoms. The lowest BCUT2D eigenvalue weighted by Gasteiger charge is -2.48. The van der Waals surface area contributed by atoms with Crippen LogP contribution in [0.3, 0.4) is 0 Å². The van der Waals surface area contributed by atoms with E-state index < -0.39 is 51.3 Å². The molecular weight excluding hydrogens is 444 g/mol. The summed E-state index contributed by atoms with van der Waals surface area (Å²) in [4.78, 5) is 53.4. The first-order chi connectivity index (χ1) is 15.0. The molecule has 3 N–H and O–H groups in total. The van der Waals surface area contributed by atoms with Crippen LogP contribution in [0.25, 0.3) is 5.65 Å². The van der Waals surface area contributed by atoms with Crippen molar-refractivity contribution >= 4 is 40.7 Å². The van der Waals surface area contributed by atoms with Gasteiger partial charge in [0.15, 0.2) is 11.7 Å². The smallest absolute Gasteiger partial charge is 0.328 e. The van der Waals surface area contributed by atoms with Crippen molar-refractivity contribution < 1.29 is 28.3 Å². The molecule has 2 amide bonds. The van der Waals surface area contributed by atoms with E-state index in [1.54, 1.807) is 13.1 Å². The average molecular weight is 465 g/mol. The van der Waals surface area contributed by atoms with Gasteiger partial charge in [-0.15, -0.1) is 0 Å². The minimum atomic E-state index is -3.02. The van der Waals surface area contributed by atoms with Crippen LogP contribution in [0.4, 0.5) is 0 Å². The molecule has 13 nitrogen and oxygen atoms in total. The normalized spacial score (nSPS) is 20.1. The van der Waals surface area contributed by atoms with E-state index >= 15 is 0 Å². The highest BCUT2D eigenvalue weighted by atomic mass is 32.2. The SMILES string of the molecule is CCc1c[nH]n2c(=O)cc(C(=O)N/N=C/[C@@](C)([C@H](C(=O)O)N3C(=O)C[C@H]3C)S(=O)[O-])nc12. The molecular formula is C18H21N6O7S-. The van der Waals surface area contributed by atoms with Crippen molar-refractivity contribution in [3.8, 4) is 0 Å². The zero-order valence-corrected chi connectivity index (χ0v) is 18.2. The lowest BCUT2D eigenvalue weighted by Crippen LogP contribution is -2.67. The zero-order valence-electron chi connectivity index (χ0n) is 17.4. The zero-order chi connectivity index (χ0) is 23.8. The summed E-state index contributed by atoms with van der Waals surface area (Å²) in [5.74, 6) is -2.94. The Labute approximate surface area is 183 Å². The van der Waals surface area contributed by atoms with Crippen molar-refractivity contribution in [2.24, 2.45) is 5.10 Å². The Morgan fingerprint density at radius 1 is 1.53 bits per heavy atom. The number of nitrogens with one attached hydrogen (secondary N) is 2. The number of carboxylic acid groups (broad SMARTS) is 1. The number of fused-ring (bicyclic) bond motifs is 1. The van der Waals surface area contributed by atoms with Gasteiger partial charge in [0.05, 0.1) is 4.75 Å². The Morgan fingerprint density at radius 3 is 2.75 bits per heavy atom. The number of likely N-dealkylation sites (tertiary alicyclic amines) is 1. The maximum Gasteiger partial charge on any atom is 0.328 e. The van der Waals surface area contributed by atoms with Crippen LogP contribution in [0.5, 0.6) is 0 Å². The number of aryl methyl sites for hydroxylation is 1. The van der Waals surface area contributed by atoms with Crippen molar-refractivity contribution in [3.63, 3.8) is 0 Å². The molecule has 172 valence electrons. The highest BCUT2D eigenvalue weighted by molar-refractivity contribution is 7.81. The molecule has 2 aromatic heterocycles.